The molecule has 0 radical (unpaired) electrons. The van der Waals surface area contributed by atoms with Gasteiger partial charge in [0.1, 0.15) is 0 Å². The Labute approximate surface area is 125 Å². The topological polar surface area (TPSA) is 102 Å². The van der Waals surface area contributed by atoms with Crippen LogP contribution in [0.15, 0.2) is 22.7 Å². The van der Waals surface area contributed by atoms with E-state index in [1.807, 2.05) is 0 Å². The van der Waals surface area contributed by atoms with Gasteiger partial charge in [-0.3, -0.25) is 14.9 Å². The molecule has 2 heterocycles. The monoisotopic (exact) mass is 302 g/mol. The Morgan fingerprint density at radius 2 is 2.14 bits per heavy atom. The minimum Gasteiger partial charge on any atom is -0.339 e. The molecule has 22 heavy (non-hydrogen) atoms. The van der Waals surface area contributed by atoms with Gasteiger partial charge >= 0.3 is 0 Å². The standard InChI is InChI=1S/C14H14N4O4/c1-8-3-4-10(5-12(8)18(20)21)14(19)17-6-11(7-17)13-15-9(2)16-22-13/h3-5,11H,6-7H2,1-2H3. The lowest BCUT2D eigenvalue weighted by Gasteiger charge is -2.37. The van der Waals surface area contributed by atoms with E-state index in [0.29, 0.717) is 35.9 Å². The number of benzene rings is 1. The number of carbonyl (C=O) groups excluding carboxylic acids is 1. The fourth-order valence-electron chi connectivity index (χ4n) is 2.40. The highest BCUT2D eigenvalue weighted by Gasteiger charge is 2.36. The maximum atomic E-state index is 12.3. The van der Waals surface area contributed by atoms with Crippen LogP contribution in [0.25, 0.3) is 0 Å². The molecule has 1 aromatic heterocycles. The normalized spacial score (nSPS) is 14.7. The number of nitro benzene ring substituents is 1. The molecule has 2 aromatic rings. The smallest absolute Gasteiger partial charge is 0.273 e. The fraction of sp³-hybridized carbons (Fsp3) is 0.357. The van der Waals surface area contributed by atoms with Crippen LogP contribution in [0.3, 0.4) is 0 Å². The van der Waals surface area contributed by atoms with Crippen molar-refractivity contribution in [3.05, 3.63) is 51.2 Å². The van der Waals surface area contributed by atoms with Crippen molar-refractivity contribution < 1.29 is 14.2 Å². The lowest BCUT2D eigenvalue weighted by molar-refractivity contribution is -0.385. The first-order chi connectivity index (χ1) is 10.5. The summed E-state index contributed by atoms with van der Waals surface area (Å²) in [7, 11) is 0. The van der Waals surface area contributed by atoms with Gasteiger partial charge in [-0.25, -0.2) is 0 Å². The van der Waals surface area contributed by atoms with Crippen molar-refractivity contribution in [2.75, 3.05) is 13.1 Å². The molecular weight excluding hydrogens is 288 g/mol. The van der Waals surface area contributed by atoms with E-state index in [9.17, 15) is 14.9 Å². The van der Waals surface area contributed by atoms with Crippen molar-refractivity contribution in [1.29, 1.82) is 0 Å². The third-order valence-corrected chi connectivity index (χ3v) is 3.71. The number of aromatic nitrogens is 2. The first-order valence-corrected chi connectivity index (χ1v) is 6.80. The van der Waals surface area contributed by atoms with Crippen molar-refractivity contribution in [1.82, 2.24) is 15.0 Å². The van der Waals surface area contributed by atoms with E-state index in [1.165, 1.54) is 6.07 Å². The first-order valence-electron chi connectivity index (χ1n) is 6.80. The highest BCUT2D eigenvalue weighted by atomic mass is 16.6. The van der Waals surface area contributed by atoms with E-state index >= 15 is 0 Å². The largest absolute Gasteiger partial charge is 0.339 e. The van der Waals surface area contributed by atoms with Gasteiger partial charge in [0.25, 0.3) is 11.6 Å². The van der Waals surface area contributed by atoms with Gasteiger partial charge in [0.05, 0.1) is 10.8 Å². The Hall–Kier alpha value is -2.77. The van der Waals surface area contributed by atoms with Gasteiger partial charge in [0.2, 0.25) is 5.89 Å². The number of nitro groups is 1. The minimum atomic E-state index is -0.480. The predicted octanol–water partition coefficient (Wildman–Crippen LogP) is 1.83. The Morgan fingerprint density at radius 1 is 1.41 bits per heavy atom. The maximum Gasteiger partial charge on any atom is 0.273 e. The van der Waals surface area contributed by atoms with Gasteiger partial charge < -0.3 is 9.42 Å². The van der Waals surface area contributed by atoms with E-state index in [1.54, 1.807) is 30.9 Å². The van der Waals surface area contributed by atoms with Crippen molar-refractivity contribution in [3.63, 3.8) is 0 Å². The molecule has 0 bridgehead atoms. The Kier molecular flexibility index (Phi) is 3.36. The van der Waals surface area contributed by atoms with Gasteiger partial charge in [0.15, 0.2) is 5.82 Å². The Morgan fingerprint density at radius 3 is 2.73 bits per heavy atom. The molecule has 0 N–H and O–H groups in total. The molecule has 0 atom stereocenters. The lowest BCUT2D eigenvalue weighted by atomic mass is 9.98. The minimum absolute atomic E-state index is 0.0329. The second-order valence-electron chi connectivity index (χ2n) is 5.35. The molecule has 0 saturated carbocycles. The number of hydrogen-bond donors (Lipinski definition) is 0. The summed E-state index contributed by atoms with van der Waals surface area (Å²) in [4.78, 5) is 28.5. The highest BCUT2D eigenvalue weighted by molar-refractivity contribution is 5.95. The number of rotatable bonds is 3. The van der Waals surface area contributed by atoms with E-state index < -0.39 is 4.92 Å². The number of likely N-dealkylation sites (tertiary alicyclic amines) is 1. The third-order valence-electron chi connectivity index (χ3n) is 3.71. The molecule has 114 valence electrons. The Bertz CT molecular complexity index is 749. The molecular formula is C14H14N4O4. The van der Waals surface area contributed by atoms with Crippen LogP contribution >= 0.6 is 0 Å². The van der Waals surface area contributed by atoms with Gasteiger partial charge in [-0.05, 0) is 19.9 Å². The van der Waals surface area contributed by atoms with Crippen LogP contribution in [0, 0.1) is 24.0 Å². The van der Waals surface area contributed by atoms with Crippen LogP contribution in [0.1, 0.15) is 33.6 Å². The summed E-state index contributed by atoms with van der Waals surface area (Å²) in [5, 5.41) is 14.7. The number of aryl methyl sites for hydroxylation is 2. The molecule has 1 amide bonds. The molecule has 1 aromatic carbocycles. The van der Waals surface area contributed by atoms with Gasteiger partial charge in [0, 0.05) is 30.3 Å². The summed E-state index contributed by atoms with van der Waals surface area (Å²) in [5.74, 6) is 0.895. The molecule has 0 aliphatic carbocycles. The summed E-state index contributed by atoms with van der Waals surface area (Å²) in [6.45, 7) is 4.33. The van der Waals surface area contributed by atoms with Gasteiger partial charge in [-0.15, -0.1) is 0 Å². The fourth-order valence-corrected chi connectivity index (χ4v) is 2.40. The molecule has 8 heteroatoms. The van der Waals surface area contributed by atoms with Crippen molar-refractivity contribution >= 4 is 11.6 Å². The second kappa shape index (κ2) is 5.21. The molecule has 3 rings (SSSR count). The predicted molar refractivity (Wildman–Crippen MR) is 75.5 cm³/mol. The number of amides is 1. The highest BCUT2D eigenvalue weighted by Crippen LogP contribution is 2.28. The molecule has 1 aliphatic heterocycles. The number of carbonyl (C=O) groups is 1. The van der Waals surface area contributed by atoms with Crippen LogP contribution in [-0.2, 0) is 0 Å². The number of nitrogens with zero attached hydrogens (tertiary/aromatic N) is 4. The first kappa shape index (κ1) is 14.2. The van der Waals surface area contributed by atoms with Crippen molar-refractivity contribution in [2.45, 2.75) is 19.8 Å². The van der Waals surface area contributed by atoms with E-state index in [0.717, 1.165) is 0 Å². The average molecular weight is 302 g/mol. The van der Waals surface area contributed by atoms with Crippen molar-refractivity contribution in [2.24, 2.45) is 0 Å². The lowest BCUT2D eigenvalue weighted by Crippen LogP contribution is -2.48. The zero-order valence-corrected chi connectivity index (χ0v) is 12.1. The molecule has 0 spiro atoms. The molecule has 1 fully saturated rings. The average Bonchev–Trinajstić information content (AvgIpc) is 2.83. The van der Waals surface area contributed by atoms with Crippen LogP contribution in [0.5, 0.6) is 0 Å². The van der Waals surface area contributed by atoms with Crippen LogP contribution < -0.4 is 0 Å². The van der Waals surface area contributed by atoms with Crippen LogP contribution in [-0.4, -0.2) is 39.0 Å². The second-order valence-corrected chi connectivity index (χ2v) is 5.35. The molecule has 1 saturated heterocycles. The maximum absolute atomic E-state index is 12.3. The third kappa shape index (κ3) is 2.43. The SMILES string of the molecule is Cc1noc(C2CN(C(=O)c3ccc(C)c([N+](=O)[O-])c3)C2)n1. The van der Waals surface area contributed by atoms with Crippen LogP contribution in [0.2, 0.25) is 0 Å². The van der Waals surface area contributed by atoms with E-state index in [4.69, 9.17) is 4.52 Å². The molecule has 1 aliphatic rings. The molecule has 0 unspecified atom stereocenters. The van der Waals surface area contributed by atoms with Crippen molar-refractivity contribution in [3.8, 4) is 0 Å². The van der Waals surface area contributed by atoms with E-state index in [2.05, 4.69) is 10.1 Å². The summed E-state index contributed by atoms with van der Waals surface area (Å²) in [5.41, 5.74) is 0.803. The zero-order valence-electron chi connectivity index (χ0n) is 12.1. The summed E-state index contributed by atoms with van der Waals surface area (Å²) >= 11 is 0. The quantitative estimate of drug-likeness (QED) is 0.633. The summed E-state index contributed by atoms with van der Waals surface area (Å²) < 4.78 is 5.08. The summed E-state index contributed by atoms with van der Waals surface area (Å²) in [6.07, 6.45) is 0. The van der Waals surface area contributed by atoms with Gasteiger partial charge in [-0.1, -0.05) is 11.2 Å². The van der Waals surface area contributed by atoms with Crippen LogP contribution in [0.4, 0.5) is 5.69 Å². The summed E-state index contributed by atoms with van der Waals surface area (Å²) in [6, 6.07) is 4.51. The van der Waals surface area contributed by atoms with E-state index in [-0.39, 0.29) is 17.5 Å². The Balaban J connectivity index is 1.71. The zero-order chi connectivity index (χ0) is 15.9. The molecule has 8 nitrogen and oxygen atoms in total. The van der Waals surface area contributed by atoms with Gasteiger partial charge in [-0.2, -0.15) is 4.98 Å². The number of hydrogen-bond acceptors (Lipinski definition) is 6.